The van der Waals surface area contributed by atoms with Gasteiger partial charge in [-0.2, -0.15) is 5.10 Å². The van der Waals surface area contributed by atoms with Gasteiger partial charge in [0.2, 0.25) is 0 Å². The Balaban J connectivity index is 2.11. The number of carbonyl (C=O) groups is 1. The Labute approximate surface area is 122 Å². The zero-order chi connectivity index (χ0) is 14.0. The molecule has 19 heavy (non-hydrogen) atoms. The van der Waals surface area contributed by atoms with Crippen LogP contribution in [-0.2, 0) is 7.05 Å². The Morgan fingerprint density at radius 3 is 2.53 bits per heavy atom. The van der Waals surface area contributed by atoms with Gasteiger partial charge in [-0.05, 0) is 44.2 Å². The normalized spacial score (nSPS) is 12.4. The lowest BCUT2D eigenvalue weighted by Gasteiger charge is -2.10. The van der Waals surface area contributed by atoms with Gasteiger partial charge in [-0.15, -0.1) is 0 Å². The highest BCUT2D eigenvalue weighted by Gasteiger charge is 2.18. The van der Waals surface area contributed by atoms with Crippen molar-refractivity contribution in [3.05, 3.63) is 46.6 Å². The van der Waals surface area contributed by atoms with E-state index in [9.17, 15) is 4.79 Å². The van der Waals surface area contributed by atoms with E-state index in [4.69, 9.17) is 11.6 Å². The maximum Gasteiger partial charge on any atom is 0.175 e. The smallest absolute Gasteiger partial charge is 0.175 e. The molecule has 1 atom stereocenters. The molecule has 5 heteroatoms. The summed E-state index contributed by atoms with van der Waals surface area (Å²) in [6.45, 7) is 3.85. The van der Waals surface area contributed by atoms with Crippen LogP contribution in [-0.4, -0.2) is 20.8 Å². The third-order valence-electron chi connectivity index (χ3n) is 2.75. The van der Waals surface area contributed by atoms with E-state index in [1.54, 1.807) is 28.9 Å². The number of rotatable bonds is 4. The van der Waals surface area contributed by atoms with Crippen molar-refractivity contribution in [2.24, 2.45) is 7.05 Å². The summed E-state index contributed by atoms with van der Waals surface area (Å²) in [7, 11) is 1.88. The third kappa shape index (κ3) is 3.39. The highest BCUT2D eigenvalue weighted by Crippen LogP contribution is 2.26. The van der Waals surface area contributed by atoms with E-state index < -0.39 is 0 Å². The molecule has 0 radical (unpaired) electrons. The van der Waals surface area contributed by atoms with Crippen LogP contribution in [0.5, 0.6) is 0 Å². The summed E-state index contributed by atoms with van der Waals surface area (Å²) in [5, 5.41) is 5.75. The molecule has 100 valence electrons. The molecule has 0 amide bonds. The summed E-state index contributed by atoms with van der Waals surface area (Å²) in [6.07, 6.45) is 0. The summed E-state index contributed by atoms with van der Waals surface area (Å²) in [4.78, 5) is 12.3. The highest BCUT2D eigenvalue weighted by atomic mass is 35.5. The highest BCUT2D eigenvalue weighted by molar-refractivity contribution is 8.00. The molecular weight excluding hydrogens is 280 g/mol. The number of benzene rings is 1. The summed E-state index contributed by atoms with van der Waals surface area (Å²) in [6, 6.07) is 8.98. The summed E-state index contributed by atoms with van der Waals surface area (Å²) in [5.74, 6) is 0.0977. The zero-order valence-corrected chi connectivity index (χ0v) is 12.6. The summed E-state index contributed by atoms with van der Waals surface area (Å²) >= 11 is 7.34. The molecule has 0 aliphatic rings. The average molecular weight is 295 g/mol. The Hall–Kier alpha value is -1.26. The molecule has 0 saturated heterocycles. The minimum atomic E-state index is -0.157. The molecule has 0 saturated carbocycles. The third-order valence-corrected chi connectivity index (χ3v) is 4.20. The van der Waals surface area contributed by atoms with Gasteiger partial charge in [0.1, 0.15) is 0 Å². The number of carbonyl (C=O) groups excluding carboxylic acids is 1. The molecule has 0 N–H and O–H groups in total. The van der Waals surface area contributed by atoms with Crippen LogP contribution >= 0.6 is 23.4 Å². The zero-order valence-electron chi connectivity index (χ0n) is 11.1. The minimum Gasteiger partial charge on any atom is -0.293 e. The van der Waals surface area contributed by atoms with Crippen LogP contribution in [0, 0.1) is 6.92 Å². The molecule has 1 aromatic heterocycles. The molecule has 1 heterocycles. The van der Waals surface area contributed by atoms with E-state index in [2.05, 4.69) is 5.10 Å². The second-order valence-corrected chi connectivity index (χ2v) is 6.18. The topological polar surface area (TPSA) is 34.9 Å². The van der Waals surface area contributed by atoms with Crippen LogP contribution in [0.25, 0.3) is 0 Å². The van der Waals surface area contributed by atoms with E-state index in [1.165, 1.54) is 11.8 Å². The predicted octanol–water partition coefficient (Wildman–Crippen LogP) is 3.75. The van der Waals surface area contributed by atoms with Gasteiger partial charge >= 0.3 is 0 Å². The van der Waals surface area contributed by atoms with Crippen molar-refractivity contribution < 1.29 is 4.79 Å². The van der Waals surface area contributed by atoms with Crippen molar-refractivity contribution in [3.8, 4) is 0 Å². The molecule has 2 aromatic rings. The number of hydrogen-bond donors (Lipinski definition) is 0. The molecule has 0 aliphatic carbocycles. The Kier molecular flexibility index (Phi) is 4.32. The molecule has 0 bridgehead atoms. The lowest BCUT2D eigenvalue weighted by Crippen LogP contribution is -2.14. The van der Waals surface area contributed by atoms with Crippen LogP contribution < -0.4 is 0 Å². The molecule has 1 unspecified atom stereocenters. The second kappa shape index (κ2) is 5.80. The van der Waals surface area contributed by atoms with Gasteiger partial charge in [-0.1, -0.05) is 23.4 Å². The minimum absolute atomic E-state index is 0.0977. The summed E-state index contributed by atoms with van der Waals surface area (Å²) in [5.41, 5.74) is 1.64. The Bertz CT molecular complexity index is 592. The van der Waals surface area contributed by atoms with Gasteiger partial charge in [0.15, 0.2) is 5.78 Å². The number of hydrogen-bond acceptors (Lipinski definition) is 3. The lowest BCUT2D eigenvalue weighted by molar-refractivity contribution is 0.0994. The Morgan fingerprint density at radius 2 is 2.00 bits per heavy atom. The van der Waals surface area contributed by atoms with Crippen LogP contribution in [0.3, 0.4) is 0 Å². The maximum absolute atomic E-state index is 12.3. The molecule has 0 aliphatic heterocycles. The predicted molar refractivity (Wildman–Crippen MR) is 79.0 cm³/mol. The van der Waals surface area contributed by atoms with Gasteiger partial charge in [-0.25, -0.2) is 0 Å². The first-order chi connectivity index (χ1) is 8.97. The standard InChI is InChI=1S/C14H15ClN2OS/c1-9-8-13(17(3)16-9)19-10(2)14(18)11-4-6-12(15)7-5-11/h4-8,10H,1-3H3. The van der Waals surface area contributed by atoms with E-state index >= 15 is 0 Å². The number of aryl methyl sites for hydroxylation is 2. The summed E-state index contributed by atoms with van der Waals surface area (Å²) < 4.78 is 1.80. The molecule has 1 aromatic carbocycles. The van der Waals surface area contributed by atoms with Crippen molar-refractivity contribution in [1.82, 2.24) is 9.78 Å². The largest absolute Gasteiger partial charge is 0.293 e. The van der Waals surface area contributed by atoms with Crippen LogP contribution in [0.15, 0.2) is 35.4 Å². The SMILES string of the molecule is Cc1cc(SC(C)C(=O)c2ccc(Cl)cc2)n(C)n1. The lowest BCUT2D eigenvalue weighted by atomic mass is 10.1. The number of halogens is 1. The number of Topliss-reactive ketones (excluding diaryl/α,β-unsaturated/α-hetero) is 1. The van der Waals surface area contributed by atoms with Gasteiger partial charge in [-0.3, -0.25) is 9.48 Å². The van der Waals surface area contributed by atoms with Crippen molar-refractivity contribution in [3.63, 3.8) is 0 Å². The van der Waals surface area contributed by atoms with Gasteiger partial charge in [0.25, 0.3) is 0 Å². The van der Waals surface area contributed by atoms with Crippen molar-refractivity contribution >= 4 is 29.1 Å². The van der Waals surface area contributed by atoms with Crippen LogP contribution in [0.1, 0.15) is 23.0 Å². The molecule has 3 nitrogen and oxygen atoms in total. The quantitative estimate of drug-likeness (QED) is 0.636. The van der Waals surface area contributed by atoms with Gasteiger partial charge in [0.05, 0.1) is 16.0 Å². The van der Waals surface area contributed by atoms with Gasteiger partial charge < -0.3 is 0 Å². The number of aromatic nitrogens is 2. The first kappa shape index (κ1) is 14.2. The first-order valence-electron chi connectivity index (χ1n) is 5.94. The number of nitrogens with zero attached hydrogens (tertiary/aromatic N) is 2. The van der Waals surface area contributed by atoms with Crippen LogP contribution in [0.4, 0.5) is 0 Å². The van der Waals surface area contributed by atoms with Crippen molar-refractivity contribution in [2.45, 2.75) is 24.1 Å². The van der Waals surface area contributed by atoms with E-state index in [-0.39, 0.29) is 11.0 Å². The fraction of sp³-hybridized carbons (Fsp3) is 0.286. The number of ketones is 1. The molecule has 0 spiro atoms. The first-order valence-corrected chi connectivity index (χ1v) is 7.20. The fourth-order valence-electron chi connectivity index (χ4n) is 1.78. The van der Waals surface area contributed by atoms with Crippen molar-refractivity contribution in [2.75, 3.05) is 0 Å². The van der Waals surface area contributed by atoms with Crippen LogP contribution in [0.2, 0.25) is 5.02 Å². The van der Waals surface area contributed by atoms with E-state index in [0.717, 1.165) is 10.7 Å². The van der Waals surface area contributed by atoms with Gasteiger partial charge in [0, 0.05) is 17.6 Å². The second-order valence-electron chi connectivity index (χ2n) is 4.38. The molecule has 0 fully saturated rings. The number of thioether (sulfide) groups is 1. The van der Waals surface area contributed by atoms with Crippen molar-refractivity contribution in [1.29, 1.82) is 0 Å². The van der Waals surface area contributed by atoms with E-state index in [1.807, 2.05) is 27.0 Å². The molecule has 2 rings (SSSR count). The average Bonchev–Trinajstić information content (AvgIpc) is 2.68. The fourth-order valence-corrected chi connectivity index (χ4v) is 2.94. The van der Waals surface area contributed by atoms with E-state index in [0.29, 0.717) is 10.6 Å². The maximum atomic E-state index is 12.3. The monoisotopic (exact) mass is 294 g/mol. The Morgan fingerprint density at radius 1 is 1.37 bits per heavy atom. The molecular formula is C14H15ClN2OS.